The van der Waals surface area contributed by atoms with Crippen molar-refractivity contribution >= 4 is 79.8 Å². The topological polar surface area (TPSA) is 186 Å². The molecule has 4 aromatic heterocycles. The molecule has 48 heavy (non-hydrogen) atoms. The second kappa shape index (κ2) is 14.4. The van der Waals surface area contributed by atoms with Crippen molar-refractivity contribution in [1.82, 2.24) is 30.6 Å². The fourth-order valence-corrected chi connectivity index (χ4v) is 5.56. The number of fused-ring (bicyclic) bond motifs is 2. The number of aromatic nitrogens is 4. The number of carbonyl (C=O) groups is 2. The highest BCUT2D eigenvalue weighted by atomic mass is 35.5. The van der Waals surface area contributed by atoms with Gasteiger partial charge in [-0.1, -0.05) is 23.2 Å². The number of rotatable bonds is 4. The molecule has 14 heteroatoms. The van der Waals surface area contributed by atoms with Crippen molar-refractivity contribution in [3.8, 4) is 22.3 Å². The number of nitrogen functional groups attached to an aromatic ring is 2. The molecular formula is C34H32Cl2N10O2. The minimum atomic E-state index is -0.356. The normalized spacial score (nSPS) is 10.6. The van der Waals surface area contributed by atoms with E-state index in [0.717, 1.165) is 54.9 Å². The van der Waals surface area contributed by atoms with Crippen molar-refractivity contribution in [3.05, 3.63) is 94.8 Å². The fraction of sp³-hybridized carbons (Fsp3) is 0.118. The number of carbonyl (C=O) groups excluding carboxylic acids is 2. The van der Waals surface area contributed by atoms with Crippen LogP contribution in [-0.4, -0.2) is 46.1 Å². The Balaban J connectivity index is 0.000000188. The van der Waals surface area contributed by atoms with E-state index in [2.05, 4.69) is 41.2 Å². The summed E-state index contributed by atoms with van der Waals surface area (Å²) in [5.74, 6) is 0.820. The van der Waals surface area contributed by atoms with Crippen LogP contribution in [-0.2, 0) is 0 Å². The number of nitrogens with two attached hydrogens (primary N) is 2. The molecule has 0 aliphatic carbocycles. The molecule has 4 amide bonds. The highest BCUT2D eigenvalue weighted by molar-refractivity contribution is 6.39. The average molecular weight is 684 g/mol. The summed E-state index contributed by atoms with van der Waals surface area (Å²) >= 11 is 13.1. The maximum absolute atomic E-state index is 11.5. The number of nitrogens with zero attached hydrogens (tertiary/aromatic N) is 4. The molecule has 0 unspecified atom stereocenters. The molecule has 6 rings (SSSR count). The lowest BCUT2D eigenvalue weighted by Crippen LogP contribution is -2.24. The molecule has 0 bridgehead atoms. The van der Waals surface area contributed by atoms with Gasteiger partial charge in [-0.2, -0.15) is 0 Å². The first-order chi connectivity index (χ1) is 23.0. The van der Waals surface area contributed by atoms with E-state index < -0.39 is 0 Å². The van der Waals surface area contributed by atoms with Gasteiger partial charge in [0.25, 0.3) is 0 Å². The first kappa shape index (κ1) is 33.6. The molecule has 244 valence electrons. The Kier molecular flexibility index (Phi) is 10.1. The van der Waals surface area contributed by atoms with Gasteiger partial charge in [0, 0.05) is 95.4 Å². The molecule has 0 spiro atoms. The zero-order valence-electron chi connectivity index (χ0n) is 26.4. The van der Waals surface area contributed by atoms with Crippen LogP contribution in [0.25, 0.3) is 43.8 Å². The standard InChI is InChI=1S/2C17H16ClN5O/c1-9-3-4-21-7-12(9)10-5-14(19)13-8-22-15(23-17(24)20-2)6-11(13)16(10)18;1-9-3-4-21-7-12(9)11-5-10-6-14(23-17(24)20-2)22-8-13(10)16(19)15(11)18/h2*3-8H,19H2,1-2H3,(H2,20,22,23,24). The van der Waals surface area contributed by atoms with E-state index in [4.69, 9.17) is 34.7 Å². The minimum absolute atomic E-state index is 0.341. The van der Waals surface area contributed by atoms with Crippen molar-refractivity contribution in [3.63, 3.8) is 0 Å². The van der Waals surface area contributed by atoms with E-state index >= 15 is 0 Å². The van der Waals surface area contributed by atoms with Crippen molar-refractivity contribution in [1.29, 1.82) is 0 Å². The van der Waals surface area contributed by atoms with Crippen LogP contribution < -0.4 is 32.7 Å². The van der Waals surface area contributed by atoms with Crippen molar-refractivity contribution in [2.24, 2.45) is 0 Å². The predicted molar refractivity (Wildman–Crippen MR) is 194 cm³/mol. The average Bonchev–Trinajstić information content (AvgIpc) is 3.08. The molecule has 8 N–H and O–H groups in total. The van der Waals surface area contributed by atoms with Crippen LogP contribution in [0.2, 0.25) is 10.0 Å². The molecular weight excluding hydrogens is 651 g/mol. The van der Waals surface area contributed by atoms with Crippen LogP contribution >= 0.6 is 23.2 Å². The van der Waals surface area contributed by atoms with Gasteiger partial charge in [0.2, 0.25) is 0 Å². The van der Waals surface area contributed by atoms with E-state index in [1.807, 2.05) is 38.1 Å². The monoisotopic (exact) mass is 682 g/mol. The zero-order chi connectivity index (χ0) is 34.5. The summed E-state index contributed by atoms with van der Waals surface area (Å²) in [5.41, 5.74) is 18.9. The second-order valence-corrected chi connectivity index (χ2v) is 11.4. The Bertz CT molecular complexity index is 2140. The summed E-state index contributed by atoms with van der Waals surface area (Å²) in [6.07, 6.45) is 10.2. The highest BCUT2D eigenvalue weighted by Gasteiger charge is 2.16. The van der Waals surface area contributed by atoms with Crippen LogP contribution in [0.5, 0.6) is 0 Å². The Morgan fingerprint density at radius 3 is 1.71 bits per heavy atom. The molecule has 0 atom stereocenters. The number of nitrogens with one attached hydrogen (secondary N) is 4. The molecule has 6 aromatic rings. The number of anilines is 4. The SMILES string of the molecule is CNC(=O)Nc1cc2c(Cl)c(-c3cnccc3C)cc(N)c2cn1.CNC(=O)Nc1cc2cc(-c3cnccc3C)c(Cl)c(N)c2cn1. The number of urea groups is 2. The van der Waals surface area contributed by atoms with Crippen LogP contribution in [0, 0.1) is 13.8 Å². The highest BCUT2D eigenvalue weighted by Crippen LogP contribution is 2.40. The van der Waals surface area contributed by atoms with Gasteiger partial charge in [-0.05, 0) is 66.8 Å². The molecule has 0 aliphatic heterocycles. The Morgan fingerprint density at radius 2 is 1.17 bits per heavy atom. The summed E-state index contributed by atoms with van der Waals surface area (Å²) in [7, 11) is 3.07. The van der Waals surface area contributed by atoms with Gasteiger partial charge in [-0.15, -0.1) is 0 Å². The Labute approximate surface area is 286 Å². The first-order valence-corrected chi connectivity index (χ1v) is 15.3. The third-order valence-electron chi connectivity index (χ3n) is 7.58. The number of amides is 4. The minimum Gasteiger partial charge on any atom is -0.398 e. The smallest absolute Gasteiger partial charge is 0.320 e. The lowest BCUT2D eigenvalue weighted by atomic mass is 9.99. The van der Waals surface area contributed by atoms with Gasteiger partial charge in [0.15, 0.2) is 0 Å². The van der Waals surface area contributed by atoms with Crippen LogP contribution in [0.4, 0.5) is 32.6 Å². The second-order valence-electron chi connectivity index (χ2n) is 10.7. The third-order valence-corrected chi connectivity index (χ3v) is 8.40. The molecule has 12 nitrogen and oxygen atoms in total. The fourth-order valence-electron chi connectivity index (χ4n) is 4.98. The first-order valence-electron chi connectivity index (χ1n) is 14.6. The van der Waals surface area contributed by atoms with E-state index in [1.165, 1.54) is 14.1 Å². The Hall–Kier alpha value is -5.72. The number of halogens is 2. The van der Waals surface area contributed by atoms with Gasteiger partial charge in [0.1, 0.15) is 11.6 Å². The van der Waals surface area contributed by atoms with E-state index in [9.17, 15) is 9.59 Å². The number of hydrogen-bond donors (Lipinski definition) is 6. The Morgan fingerprint density at radius 1 is 0.646 bits per heavy atom. The zero-order valence-corrected chi connectivity index (χ0v) is 28.0. The quantitative estimate of drug-likeness (QED) is 0.105. The van der Waals surface area contributed by atoms with Crippen LogP contribution in [0.3, 0.4) is 0 Å². The predicted octanol–water partition coefficient (Wildman–Crippen LogP) is 7.18. The largest absolute Gasteiger partial charge is 0.398 e. The maximum atomic E-state index is 11.5. The molecule has 0 saturated heterocycles. The number of aryl methyl sites for hydroxylation is 2. The van der Waals surface area contributed by atoms with Gasteiger partial charge in [-0.25, -0.2) is 19.6 Å². The molecule has 0 radical (unpaired) electrons. The van der Waals surface area contributed by atoms with Gasteiger partial charge in [-0.3, -0.25) is 20.6 Å². The van der Waals surface area contributed by atoms with Gasteiger partial charge < -0.3 is 22.1 Å². The third kappa shape index (κ3) is 6.99. The van der Waals surface area contributed by atoms with Crippen molar-refractivity contribution < 1.29 is 9.59 Å². The summed E-state index contributed by atoms with van der Waals surface area (Å²) in [4.78, 5) is 39.6. The maximum Gasteiger partial charge on any atom is 0.320 e. The lowest BCUT2D eigenvalue weighted by Gasteiger charge is -2.13. The van der Waals surface area contributed by atoms with E-state index in [0.29, 0.717) is 33.1 Å². The van der Waals surface area contributed by atoms with Crippen molar-refractivity contribution in [2.45, 2.75) is 13.8 Å². The summed E-state index contributed by atoms with van der Waals surface area (Å²) < 4.78 is 0. The van der Waals surface area contributed by atoms with E-state index in [-0.39, 0.29) is 12.1 Å². The van der Waals surface area contributed by atoms with Crippen LogP contribution in [0.1, 0.15) is 11.1 Å². The number of hydrogen-bond acceptors (Lipinski definition) is 8. The number of benzene rings is 2. The van der Waals surface area contributed by atoms with Crippen molar-refractivity contribution in [2.75, 3.05) is 36.2 Å². The van der Waals surface area contributed by atoms with Gasteiger partial charge in [0.05, 0.1) is 15.7 Å². The van der Waals surface area contributed by atoms with Gasteiger partial charge >= 0.3 is 12.1 Å². The number of pyridine rings is 4. The molecule has 4 heterocycles. The molecule has 0 saturated carbocycles. The van der Waals surface area contributed by atoms with Crippen LogP contribution in [0.15, 0.2) is 73.6 Å². The summed E-state index contributed by atoms with van der Waals surface area (Å²) in [6.45, 7) is 3.97. The lowest BCUT2D eigenvalue weighted by molar-refractivity contribution is 0.253. The molecule has 0 fully saturated rings. The summed E-state index contributed by atoms with van der Waals surface area (Å²) in [6, 6.07) is 10.3. The molecule has 0 aliphatic rings. The summed E-state index contributed by atoms with van der Waals surface area (Å²) in [5, 5.41) is 14.2. The molecule has 2 aromatic carbocycles. The van der Waals surface area contributed by atoms with E-state index in [1.54, 1.807) is 49.3 Å².